The molecule has 0 atom stereocenters. The first-order chi connectivity index (χ1) is 10.4. The zero-order chi connectivity index (χ0) is 17.6. The van der Waals surface area contributed by atoms with Crippen molar-refractivity contribution < 1.29 is 9.90 Å². The third kappa shape index (κ3) is 3.57. The molecule has 1 aliphatic rings. The van der Waals surface area contributed by atoms with Gasteiger partial charge in [-0.1, -0.05) is 53.3 Å². The van der Waals surface area contributed by atoms with Gasteiger partial charge in [-0.25, -0.2) is 0 Å². The van der Waals surface area contributed by atoms with Gasteiger partial charge in [0.1, 0.15) is 5.75 Å². The van der Waals surface area contributed by atoms with Gasteiger partial charge in [0.15, 0.2) is 0 Å². The van der Waals surface area contributed by atoms with Crippen LogP contribution in [0.15, 0.2) is 17.0 Å². The van der Waals surface area contributed by atoms with Crippen LogP contribution in [0.4, 0.5) is 0 Å². The number of aromatic hydroxyl groups is 1. The number of carbonyl (C=O) groups excluding carboxylic acids is 1. The largest absolute Gasteiger partial charge is 0.507 e. The fraction of sp³-hybridized carbons (Fsp3) is 0.526. The molecule has 1 aromatic rings. The Morgan fingerprint density at radius 3 is 1.91 bits per heavy atom. The summed E-state index contributed by atoms with van der Waals surface area (Å²) in [6.45, 7) is 14.6. The number of amides is 1. The van der Waals surface area contributed by atoms with E-state index in [0.29, 0.717) is 11.6 Å². The molecule has 1 heterocycles. The van der Waals surface area contributed by atoms with Crippen LogP contribution in [0.3, 0.4) is 0 Å². The van der Waals surface area contributed by atoms with Crippen molar-refractivity contribution >= 4 is 23.2 Å². The van der Waals surface area contributed by atoms with Crippen LogP contribution in [0.1, 0.15) is 65.2 Å². The molecular formula is C19H27NO2S. The molecule has 0 aliphatic carbocycles. The first-order valence-electron chi connectivity index (χ1n) is 7.93. The molecule has 0 bridgehead atoms. The molecule has 0 unspecified atom stereocenters. The van der Waals surface area contributed by atoms with E-state index >= 15 is 0 Å². The van der Waals surface area contributed by atoms with E-state index in [1.165, 1.54) is 0 Å². The van der Waals surface area contributed by atoms with Gasteiger partial charge < -0.3 is 10.4 Å². The van der Waals surface area contributed by atoms with E-state index in [2.05, 4.69) is 46.9 Å². The number of phenolic OH excluding ortho intramolecular Hbond substituents is 1. The van der Waals surface area contributed by atoms with Crippen LogP contribution in [0.25, 0.3) is 5.57 Å². The van der Waals surface area contributed by atoms with Crippen molar-refractivity contribution in [2.45, 2.75) is 59.3 Å². The second kappa shape index (κ2) is 5.90. The molecule has 0 spiro atoms. The van der Waals surface area contributed by atoms with Crippen LogP contribution >= 0.6 is 11.8 Å². The third-order valence-corrected chi connectivity index (χ3v) is 5.22. The Balaban J connectivity index is 2.73. The minimum atomic E-state index is -0.171. The topological polar surface area (TPSA) is 49.3 Å². The molecule has 23 heavy (non-hydrogen) atoms. The van der Waals surface area contributed by atoms with Crippen molar-refractivity contribution in [1.29, 1.82) is 0 Å². The summed E-state index contributed by atoms with van der Waals surface area (Å²) in [7, 11) is 0. The molecular weight excluding hydrogens is 306 g/mol. The number of hydrogen-bond acceptors (Lipinski definition) is 3. The zero-order valence-electron chi connectivity index (χ0n) is 15.1. The summed E-state index contributed by atoms with van der Waals surface area (Å²) < 4.78 is 0. The van der Waals surface area contributed by atoms with E-state index in [4.69, 9.17) is 0 Å². The number of rotatable bonds is 1. The second-order valence-corrected chi connectivity index (χ2v) is 9.15. The Morgan fingerprint density at radius 1 is 1.09 bits per heavy atom. The van der Waals surface area contributed by atoms with Gasteiger partial charge in [0.05, 0.1) is 10.8 Å². The van der Waals surface area contributed by atoms with Crippen LogP contribution in [-0.4, -0.2) is 16.9 Å². The zero-order valence-corrected chi connectivity index (χ0v) is 15.9. The summed E-state index contributed by atoms with van der Waals surface area (Å²) >= 11 is 1.54. The molecule has 1 aromatic carbocycles. The Hall–Kier alpha value is -1.42. The van der Waals surface area contributed by atoms with Gasteiger partial charge >= 0.3 is 0 Å². The summed E-state index contributed by atoms with van der Waals surface area (Å²) in [5, 5.41) is 13.6. The predicted octanol–water partition coefficient (Wildman–Crippen LogP) is 4.54. The van der Waals surface area contributed by atoms with Crippen molar-refractivity contribution in [3.8, 4) is 5.75 Å². The normalized spacial score (nSPS) is 18.1. The van der Waals surface area contributed by atoms with E-state index in [0.717, 1.165) is 27.2 Å². The molecule has 1 fully saturated rings. The molecule has 0 radical (unpaired) electrons. The third-order valence-electron chi connectivity index (χ3n) is 4.16. The SMILES string of the molecule is CC(=C1SCNC1=O)c1cc(C(C)(C)C)c(O)c(C(C)(C)C)c1. The van der Waals surface area contributed by atoms with Crippen LogP contribution in [-0.2, 0) is 15.6 Å². The lowest BCUT2D eigenvalue weighted by molar-refractivity contribution is -0.116. The number of benzene rings is 1. The fourth-order valence-corrected chi connectivity index (χ4v) is 3.61. The lowest BCUT2D eigenvalue weighted by atomic mass is 9.78. The summed E-state index contributed by atoms with van der Waals surface area (Å²) in [6, 6.07) is 4.05. The molecule has 4 heteroatoms. The first kappa shape index (κ1) is 17.9. The molecule has 1 amide bonds. The molecule has 1 aliphatic heterocycles. The average Bonchev–Trinajstić information content (AvgIpc) is 2.81. The van der Waals surface area contributed by atoms with E-state index in [-0.39, 0.29) is 16.7 Å². The number of hydrogen-bond donors (Lipinski definition) is 2. The Kier molecular flexibility index (Phi) is 4.60. The molecule has 2 N–H and O–H groups in total. The Bertz CT molecular complexity index is 641. The van der Waals surface area contributed by atoms with Gasteiger partial charge in [0.2, 0.25) is 0 Å². The number of thioether (sulfide) groups is 1. The highest BCUT2D eigenvalue weighted by atomic mass is 32.2. The fourth-order valence-electron chi connectivity index (χ4n) is 2.72. The molecule has 0 aromatic heterocycles. The van der Waals surface area contributed by atoms with Crippen molar-refractivity contribution in [2.24, 2.45) is 0 Å². The molecule has 126 valence electrons. The lowest BCUT2D eigenvalue weighted by Crippen LogP contribution is -2.18. The van der Waals surface area contributed by atoms with Gasteiger partial charge in [0.25, 0.3) is 5.91 Å². The summed E-state index contributed by atoms with van der Waals surface area (Å²) in [5.74, 6) is 0.993. The summed E-state index contributed by atoms with van der Waals surface area (Å²) in [4.78, 5) is 12.8. The monoisotopic (exact) mass is 333 g/mol. The number of allylic oxidation sites excluding steroid dienone is 1. The number of nitrogens with one attached hydrogen (secondary N) is 1. The number of carbonyl (C=O) groups is 1. The van der Waals surface area contributed by atoms with E-state index in [1.807, 2.05) is 19.1 Å². The number of phenols is 1. The van der Waals surface area contributed by atoms with E-state index in [1.54, 1.807) is 11.8 Å². The van der Waals surface area contributed by atoms with Crippen molar-refractivity contribution in [2.75, 3.05) is 5.88 Å². The maximum atomic E-state index is 12.0. The van der Waals surface area contributed by atoms with Crippen molar-refractivity contribution in [3.63, 3.8) is 0 Å². The average molecular weight is 333 g/mol. The van der Waals surface area contributed by atoms with Crippen LogP contribution in [0.2, 0.25) is 0 Å². The van der Waals surface area contributed by atoms with Crippen LogP contribution in [0.5, 0.6) is 5.75 Å². The van der Waals surface area contributed by atoms with E-state index < -0.39 is 0 Å². The molecule has 0 saturated carbocycles. The highest BCUT2D eigenvalue weighted by Gasteiger charge is 2.28. The molecule has 2 rings (SSSR count). The van der Waals surface area contributed by atoms with E-state index in [9.17, 15) is 9.90 Å². The highest BCUT2D eigenvalue weighted by Crippen LogP contribution is 2.42. The standard InChI is InChI=1S/C19H27NO2S/c1-11(16-17(22)20-10-23-16)12-8-13(18(2,3)4)15(21)14(9-12)19(5,6)7/h8-9,21H,10H2,1-7H3,(H,20,22). The van der Waals surface area contributed by atoms with Crippen LogP contribution in [0, 0.1) is 0 Å². The summed E-state index contributed by atoms with van der Waals surface area (Å²) in [5.41, 5.74) is 3.48. The smallest absolute Gasteiger partial charge is 0.258 e. The second-order valence-electron chi connectivity index (χ2n) is 8.17. The maximum Gasteiger partial charge on any atom is 0.258 e. The van der Waals surface area contributed by atoms with Crippen molar-refractivity contribution in [1.82, 2.24) is 5.32 Å². The minimum Gasteiger partial charge on any atom is -0.507 e. The quantitative estimate of drug-likeness (QED) is 0.742. The first-order valence-corrected chi connectivity index (χ1v) is 8.91. The maximum absolute atomic E-state index is 12.0. The van der Waals surface area contributed by atoms with Crippen LogP contribution < -0.4 is 5.32 Å². The minimum absolute atomic E-state index is 0.00445. The van der Waals surface area contributed by atoms with Gasteiger partial charge in [-0.05, 0) is 41.0 Å². The van der Waals surface area contributed by atoms with Gasteiger partial charge in [-0.2, -0.15) is 0 Å². The van der Waals surface area contributed by atoms with Gasteiger partial charge in [0, 0.05) is 11.1 Å². The predicted molar refractivity (Wildman–Crippen MR) is 98.7 cm³/mol. The Morgan fingerprint density at radius 2 is 1.57 bits per heavy atom. The molecule has 3 nitrogen and oxygen atoms in total. The Labute approximate surface area is 143 Å². The highest BCUT2D eigenvalue weighted by molar-refractivity contribution is 8.04. The van der Waals surface area contributed by atoms with Crippen molar-refractivity contribution in [3.05, 3.63) is 33.7 Å². The molecule has 1 saturated heterocycles. The van der Waals surface area contributed by atoms with Gasteiger partial charge in [-0.3, -0.25) is 4.79 Å². The van der Waals surface area contributed by atoms with Gasteiger partial charge in [-0.15, -0.1) is 0 Å². The lowest BCUT2D eigenvalue weighted by Gasteiger charge is -2.28. The summed E-state index contributed by atoms with van der Waals surface area (Å²) in [6.07, 6.45) is 0.